The molecule has 0 spiro atoms. The highest BCUT2D eigenvalue weighted by Gasteiger charge is 2.55. The van der Waals surface area contributed by atoms with Crippen molar-refractivity contribution in [3.63, 3.8) is 0 Å². The molecule has 6 unspecified atom stereocenters. The monoisotopic (exact) mass is 272 g/mol. The second-order valence-electron chi connectivity index (χ2n) is 8.13. The summed E-state index contributed by atoms with van der Waals surface area (Å²) < 4.78 is 0. The Morgan fingerprint density at radius 2 is 2.05 bits per heavy atom. The quantitative estimate of drug-likeness (QED) is 0.689. The summed E-state index contributed by atoms with van der Waals surface area (Å²) in [6.45, 7) is 6.62. The molecule has 0 amide bonds. The Kier molecular flexibility index (Phi) is 2.93. The van der Waals surface area contributed by atoms with Gasteiger partial charge in [0, 0.05) is 0 Å². The van der Waals surface area contributed by atoms with Crippen molar-refractivity contribution in [2.75, 3.05) is 0 Å². The maximum absolute atomic E-state index is 10.9. The minimum absolute atomic E-state index is 0.0561. The second kappa shape index (κ2) is 4.47. The van der Waals surface area contributed by atoms with Gasteiger partial charge in [-0.3, -0.25) is 0 Å². The topological polar surface area (TPSA) is 20.2 Å². The van der Waals surface area contributed by atoms with E-state index in [0.29, 0.717) is 5.92 Å². The van der Waals surface area contributed by atoms with Crippen molar-refractivity contribution in [1.82, 2.24) is 0 Å². The zero-order valence-electron chi connectivity index (χ0n) is 12.8. The lowest BCUT2D eigenvalue weighted by Crippen LogP contribution is -2.52. The molecule has 1 N–H and O–H groups in total. The van der Waals surface area contributed by atoms with Gasteiger partial charge in [0.15, 0.2) is 0 Å². The summed E-state index contributed by atoms with van der Waals surface area (Å²) in [5.74, 6) is 3.07. The summed E-state index contributed by atoms with van der Waals surface area (Å²) in [4.78, 5) is 0. The number of fused-ring (bicyclic) bond motifs is 5. The molecule has 3 fully saturated rings. The van der Waals surface area contributed by atoms with E-state index >= 15 is 0 Å². The van der Waals surface area contributed by atoms with E-state index in [0.717, 1.165) is 30.6 Å². The minimum atomic E-state index is -0.0561. The Hall–Kier alpha value is -0.560. The molecule has 0 aromatic carbocycles. The van der Waals surface area contributed by atoms with E-state index in [1.165, 1.54) is 44.1 Å². The molecule has 4 rings (SSSR count). The summed E-state index contributed by atoms with van der Waals surface area (Å²) in [5, 5.41) is 10.9. The van der Waals surface area contributed by atoms with Crippen LogP contribution in [0.25, 0.3) is 0 Å². The molecule has 0 aliphatic heterocycles. The van der Waals surface area contributed by atoms with Crippen LogP contribution in [-0.4, -0.2) is 11.2 Å². The summed E-state index contributed by atoms with van der Waals surface area (Å²) in [7, 11) is 0. The molecule has 20 heavy (non-hydrogen) atoms. The number of aliphatic hydroxyl groups is 1. The summed E-state index contributed by atoms with van der Waals surface area (Å²) in [5.41, 5.74) is 3.17. The van der Waals surface area contributed by atoms with Crippen LogP contribution >= 0.6 is 0 Å². The third kappa shape index (κ3) is 1.71. The Morgan fingerprint density at radius 1 is 1.20 bits per heavy atom. The molecule has 0 bridgehead atoms. The number of hydrogen-bond acceptors (Lipinski definition) is 1. The fourth-order valence-electron chi connectivity index (χ4n) is 6.35. The normalized spacial score (nSPS) is 51.0. The molecule has 6 atom stereocenters. The van der Waals surface area contributed by atoms with Crippen LogP contribution in [0.4, 0.5) is 0 Å². The first-order chi connectivity index (χ1) is 9.59. The standard InChI is InChI=1S/C19H28O/c1-12-8-9-19(2)14(10-12)6-7-16-15-5-3-4-13(15)11-17(20)18(16)19/h10,13,15-18,20H,1,3-9,11H2,2H3. The molecule has 3 saturated carbocycles. The predicted molar refractivity (Wildman–Crippen MR) is 82.2 cm³/mol. The van der Waals surface area contributed by atoms with Crippen molar-refractivity contribution >= 4 is 0 Å². The first-order valence-electron chi connectivity index (χ1n) is 8.66. The molecule has 4 aliphatic carbocycles. The Balaban J connectivity index is 1.72. The average molecular weight is 272 g/mol. The highest BCUT2D eigenvalue weighted by Crippen LogP contribution is 2.62. The number of hydrogen-bond donors (Lipinski definition) is 1. The molecular weight excluding hydrogens is 244 g/mol. The largest absolute Gasteiger partial charge is 0.393 e. The van der Waals surface area contributed by atoms with Gasteiger partial charge in [-0.25, -0.2) is 0 Å². The van der Waals surface area contributed by atoms with E-state index in [-0.39, 0.29) is 11.5 Å². The molecule has 0 heterocycles. The van der Waals surface area contributed by atoms with Gasteiger partial charge in [-0.2, -0.15) is 0 Å². The number of aliphatic hydroxyl groups excluding tert-OH is 1. The van der Waals surface area contributed by atoms with Crippen molar-refractivity contribution in [3.05, 3.63) is 23.8 Å². The zero-order valence-corrected chi connectivity index (χ0v) is 12.8. The van der Waals surface area contributed by atoms with Crippen LogP contribution in [0.5, 0.6) is 0 Å². The third-order valence-electron chi connectivity index (χ3n) is 7.25. The molecule has 1 nitrogen and oxygen atoms in total. The van der Waals surface area contributed by atoms with Crippen LogP contribution in [0.1, 0.15) is 58.3 Å². The molecule has 0 aromatic heterocycles. The summed E-state index contributed by atoms with van der Waals surface area (Å²) in [6, 6.07) is 0. The fourth-order valence-corrected chi connectivity index (χ4v) is 6.35. The van der Waals surface area contributed by atoms with Crippen molar-refractivity contribution in [1.29, 1.82) is 0 Å². The van der Waals surface area contributed by atoms with Gasteiger partial charge < -0.3 is 5.11 Å². The van der Waals surface area contributed by atoms with Crippen LogP contribution in [-0.2, 0) is 0 Å². The maximum Gasteiger partial charge on any atom is 0.0582 e. The highest BCUT2D eigenvalue weighted by molar-refractivity contribution is 5.33. The SMILES string of the molecule is C=C1C=C2CCC3C4CCCC4CC(O)C3C2(C)CC1. The van der Waals surface area contributed by atoms with Crippen molar-refractivity contribution < 1.29 is 5.11 Å². The summed E-state index contributed by atoms with van der Waals surface area (Å²) >= 11 is 0. The fraction of sp³-hybridized carbons (Fsp3) is 0.789. The second-order valence-corrected chi connectivity index (χ2v) is 8.13. The van der Waals surface area contributed by atoms with Crippen LogP contribution in [0.15, 0.2) is 23.8 Å². The summed E-state index contributed by atoms with van der Waals surface area (Å²) in [6.07, 6.45) is 12.5. The first kappa shape index (κ1) is 13.1. The minimum Gasteiger partial charge on any atom is -0.393 e. The van der Waals surface area contributed by atoms with Gasteiger partial charge in [-0.1, -0.05) is 43.6 Å². The van der Waals surface area contributed by atoms with Crippen molar-refractivity contribution in [2.24, 2.45) is 29.1 Å². The smallest absolute Gasteiger partial charge is 0.0582 e. The molecule has 0 saturated heterocycles. The molecule has 0 aromatic rings. The molecule has 110 valence electrons. The highest BCUT2D eigenvalue weighted by atomic mass is 16.3. The van der Waals surface area contributed by atoms with E-state index in [9.17, 15) is 5.11 Å². The van der Waals surface area contributed by atoms with Crippen molar-refractivity contribution in [2.45, 2.75) is 64.4 Å². The predicted octanol–water partition coefficient (Wildman–Crippen LogP) is 4.48. The van der Waals surface area contributed by atoms with Gasteiger partial charge in [0.05, 0.1) is 6.10 Å². The first-order valence-corrected chi connectivity index (χ1v) is 8.66. The molecule has 4 aliphatic rings. The Morgan fingerprint density at radius 3 is 2.90 bits per heavy atom. The van der Waals surface area contributed by atoms with Crippen molar-refractivity contribution in [3.8, 4) is 0 Å². The lowest BCUT2D eigenvalue weighted by Gasteiger charge is -2.57. The number of rotatable bonds is 0. The van der Waals surface area contributed by atoms with Crippen LogP contribution < -0.4 is 0 Å². The average Bonchev–Trinajstić information content (AvgIpc) is 2.87. The van der Waals surface area contributed by atoms with Gasteiger partial charge in [-0.15, -0.1) is 0 Å². The molecular formula is C19H28O. The van der Waals surface area contributed by atoms with Crippen LogP contribution in [0.3, 0.4) is 0 Å². The van der Waals surface area contributed by atoms with Gasteiger partial charge in [0.1, 0.15) is 0 Å². The van der Waals surface area contributed by atoms with E-state index in [1.807, 2.05) is 0 Å². The van der Waals surface area contributed by atoms with Gasteiger partial charge >= 0.3 is 0 Å². The van der Waals surface area contributed by atoms with Crippen LogP contribution in [0.2, 0.25) is 0 Å². The molecule has 1 heteroatoms. The van der Waals surface area contributed by atoms with E-state index < -0.39 is 0 Å². The van der Waals surface area contributed by atoms with Gasteiger partial charge in [0.25, 0.3) is 0 Å². The Labute approximate surface area is 123 Å². The Bertz CT molecular complexity index is 462. The third-order valence-corrected chi connectivity index (χ3v) is 7.25. The van der Waals surface area contributed by atoms with Crippen LogP contribution in [0, 0.1) is 29.1 Å². The zero-order chi connectivity index (χ0) is 13.9. The number of allylic oxidation sites excluding steroid dienone is 3. The molecule has 0 radical (unpaired) electrons. The lowest BCUT2D eigenvalue weighted by atomic mass is 9.49. The van der Waals surface area contributed by atoms with Gasteiger partial charge in [-0.05, 0) is 67.6 Å². The lowest BCUT2D eigenvalue weighted by molar-refractivity contribution is -0.0890. The van der Waals surface area contributed by atoms with E-state index in [1.54, 1.807) is 5.57 Å². The van der Waals surface area contributed by atoms with Gasteiger partial charge in [0.2, 0.25) is 0 Å². The maximum atomic E-state index is 10.9. The van der Waals surface area contributed by atoms with E-state index in [4.69, 9.17) is 0 Å². The van der Waals surface area contributed by atoms with E-state index in [2.05, 4.69) is 19.6 Å².